The number of nitrogens with zero attached hydrogens (tertiary/aromatic N) is 2. The number of amides is 2. The summed E-state index contributed by atoms with van der Waals surface area (Å²) in [6.07, 6.45) is 0.993. The average molecular weight is 233 g/mol. The minimum absolute atomic E-state index is 0.00452. The van der Waals surface area contributed by atoms with Gasteiger partial charge in [0.15, 0.2) is 0 Å². The Morgan fingerprint density at radius 1 is 1.44 bits per heavy atom. The number of hydrogen-bond donors (Lipinski definition) is 1. The Morgan fingerprint density at radius 3 is 3.25 bits per heavy atom. The van der Waals surface area contributed by atoms with Crippen LogP contribution in [0.2, 0.25) is 0 Å². The zero-order valence-electron chi connectivity index (χ0n) is 8.64. The molecule has 3 rings (SSSR count). The fourth-order valence-corrected chi connectivity index (χ4v) is 2.60. The van der Waals surface area contributed by atoms with Crippen molar-refractivity contribution < 1.29 is 4.79 Å². The van der Waals surface area contributed by atoms with E-state index in [1.165, 1.54) is 0 Å². The number of urea groups is 1. The van der Waals surface area contributed by atoms with Gasteiger partial charge in [-0.2, -0.15) is 0 Å². The molecular weight excluding hydrogens is 222 g/mol. The lowest BCUT2D eigenvalue weighted by atomic mass is 10.2. The molecule has 0 spiro atoms. The quantitative estimate of drug-likeness (QED) is 0.820. The standard InChI is InChI=1S/C11H11N3OS/c15-11-12-4-1-5-14(11)8-2-3-9-10(6-8)16-7-13-9/h2-3,6-7H,1,4-5H2,(H,12,15). The first-order valence-electron chi connectivity index (χ1n) is 5.23. The summed E-state index contributed by atoms with van der Waals surface area (Å²) < 4.78 is 1.12. The molecule has 1 aromatic carbocycles. The number of rotatable bonds is 1. The van der Waals surface area contributed by atoms with E-state index in [9.17, 15) is 4.79 Å². The molecule has 0 unspecified atom stereocenters. The van der Waals surface area contributed by atoms with Gasteiger partial charge < -0.3 is 5.32 Å². The van der Waals surface area contributed by atoms with Crippen LogP contribution in [0.5, 0.6) is 0 Å². The van der Waals surface area contributed by atoms with Crippen molar-refractivity contribution in [2.24, 2.45) is 0 Å². The largest absolute Gasteiger partial charge is 0.338 e. The lowest BCUT2D eigenvalue weighted by molar-refractivity contribution is 0.243. The van der Waals surface area contributed by atoms with Gasteiger partial charge in [-0.15, -0.1) is 11.3 Å². The molecule has 1 aliphatic rings. The first kappa shape index (κ1) is 9.59. The van der Waals surface area contributed by atoms with Crippen LogP contribution in [0.4, 0.5) is 10.5 Å². The summed E-state index contributed by atoms with van der Waals surface area (Å²) in [7, 11) is 0. The second kappa shape index (κ2) is 3.75. The van der Waals surface area contributed by atoms with Gasteiger partial charge in [0.1, 0.15) is 0 Å². The molecule has 1 fully saturated rings. The van der Waals surface area contributed by atoms with Crippen molar-refractivity contribution in [2.45, 2.75) is 6.42 Å². The Labute approximate surface area is 96.9 Å². The molecule has 82 valence electrons. The van der Waals surface area contributed by atoms with Gasteiger partial charge in [0.25, 0.3) is 0 Å². The molecule has 4 nitrogen and oxygen atoms in total. The van der Waals surface area contributed by atoms with E-state index in [1.54, 1.807) is 16.2 Å². The molecule has 2 aromatic rings. The molecule has 2 amide bonds. The molecule has 1 aliphatic heterocycles. The Bertz CT molecular complexity index is 537. The fourth-order valence-electron chi connectivity index (χ4n) is 1.89. The first-order chi connectivity index (χ1) is 7.84. The number of nitrogens with one attached hydrogen (secondary N) is 1. The Hall–Kier alpha value is -1.62. The van der Waals surface area contributed by atoms with E-state index in [0.717, 1.165) is 35.4 Å². The van der Waals surface area contributed by atoms with Crippen molar-refractivity contribution in [2.75, 3.05) is 18.0 Å². The minimum atomic E-state index is -0.00452. The van der Waals surface area contributed by atoms with E-state index in [1.807, 2.05) is 23.7 Å². The minimum Gasteiger partial charge on any atom is -0.338 e. The number of thiazole rings is 1. The van der Waals surface area contributed by atoms with Crippen molar-refractivity contribution >= 4 is 33.3 Å². The smallest absolute Gasteiger partial charge is 0.321 e. The second-order valence-electron chi connectivity index (χ2n) is 3.74. The van der Waals surface area contributed by atoms with E-state index in [4.69, 9.17) is 0 Å². The van der Waals surface area contributed by atoms with Crippen LogP contribution in [-0.4, -0.2) is 24.1 Å². The first-order valence-corrected chi connectivity index (χ1v) is 6.11. The maximum Gasteiger partial charge on any atom is 0.321 e. The van der Waals surface area contributed by atoms with Crippen molar-refractivity contribution in [3.8, 4) is 0 Å². The van der Waals surface area contributed by atoms with Gasteiger partial charge in [0.05, 0.1) is 15.7 Å². The highest BCUT2D eigenvalue weighted by Crippen LogP contribution is 2.25. The zero-order chi connectivity index (χ0) is 11.0. The molecule has 0 aliphatic carbocycles. The molecule has 0 bridgehead atoms. The number of anilines is 1. The monoisotopic (exact) mass is 233 g/mol. The van der Waals surface area contributed by atoms with Gasteiger partial charge in [-0.25, -0.2) is 9.78 Å². The third-order valence-electron chi connectivity index (χ3n) is 2.71. The Kier molecular flexibility index (Phi) is 2.25. The van der Waals surface area contributed by atoms with Crippen LogP contribution in [0.25, 0.3) is 10.2 Å². The Balaban J connectivity index is 2.00. The van der Waals surface area contributed by atoms with Crippen molar-refractivity contribution in [1.82, 2.24) is 10.3 Å². The van der Waals surface area contributed by atoms with Crippen LogP contribution < -0.4 is 10.2 Å². The predicted molar refractivity (Wildman–Crippen MR) is 65.0 cm³/mol. The zero-order valence-corrected chi connectivity index (χ0v) is 9.46. The lowest BCUT2D eigenvalue weighted by Crippen LogP contribution is -2.46. The third kappa shape index (κ3) is 1.53. The molecule has 1 aromatic heterocycles. The highest BCUT2D eigenvalue weighted by molar-refractivity contribution is 7.16. The van der Waals surface area contributed by atoms with Gasteiger partial charge in [-0.1, -0.05) is 0 Å². The number of carbonyl (C=O) groups is 1. The highest BCUT2D eigenvalue weighted by Gasteiger charge is 2.19. The van der Waals surface area contributed by atoms with E-state index < -0.39 is 0 Å². The second-order valence-corrected chi connectivity index (χ2v) is 4.63. The number of benzene rings is 1. The van der Waals surface area contributed by atoms with Crippen LogP contribution in [0.3, 0.4) is 0 Å². The SMILES string of the molecule is O=C1NCCCN1c1ccc2ncsc2c1. The normalized spacial score (nSPS) is 16.5. The van der Waals surface area contributed by atoms with Gasteiger partial charge in [-0.3, -0.25) is 4.90 Å². The molecular formula is C11H11N3OS. The number of aromatic nitrogens is 1. The van der Waals surface area contributed by atoms with Gasteiger partial charge in [0.2, 0.25) is 0 Å². The topological polar surface area (TPSA) is 45.2 Å². The molecule has 5 heteroatoms. The number of hydrogen-bond acceptors (Lipinski definition) is 3. The summed E-state index contributed by atoms with van der Waals surface area (Å²) >= 11 is 1.60. The molecule has 1 N–H and O–H groups in total. The van der Waals surface area contributed by atoms with Gasteiger partial charge in [0, 0.05) is 18.8 Å². The van der Waals surface area contributed by atoms with Crippen LogP contribution in [0, 0.1) is 0 Å². The van der Waals surface area contributed by atoms with E-state index >= 15 is 0 Å². The van der Waals surface area contributed by atoms with Crippen molar-refractivity contribution in [3.05, 3.63) is 23.7 Å². The summed E-state index contributed by atoms with van der Waals surface area (Å²) in [5.74, 6) is 0. The maximum atomic E-state index is 11.7. The fraction of sp³-hybridized carbons (Fsp3) is 0.273. The predicted octanol–water partition coefficient (Wildman–Crippen LogP) is 2.22. The van der Waals surface area contributed by atoms with Crippen molar-refractivity contribution in [3.63, 3.8) is 0 Å². The van der Waals surface area contributed by atoms with Crippen LogP contribution >= 0.6 is 11.3 Å². The maximum absolute atomic E-state index is 11.7. The summed E-state index contributed by atoms with van der Waals surface area (Å²) in [5, 5.41) is 2.85. The van der Waals surface area contributed by atoms with Crippen molar-refractivity contribution in [1.29, 1.82) is 0 Å². The molecule has 0 radical (unpaired) electrons. The molecule has 2 heterocycles. The van der Waals surface area contributed by atoms with Gasteiger partial charge >= 0.3 is 6.03 Å². The summed E-state index contributed by atoms with van der Waals surface area (Å²) in [4.78, 5) is 17.7. The molecule has 1 saturated heterocycles. The third-order valence-corrected chi connectivity index (χ3v) is 3.50. The number of fused-ring (bicyclic) bond motifs is 1. The Morgan fingerprint density at radius 2 is 2.38 bits per heavy atom. The van der Waals surface area contributed by atoms with E-state index in [-0.39, 0.29) is 6.03 Å². The van der Waals surface area contributed by atoms with Crippen LogP contribution in [0.15, 0.2) is 23.7 Å². The summed E-state index contributed by atoms with van der Waals surface area (Å²) in [6, 6.07) is 5.93. The van der Waals surface area contributed by atoms with Crippen LogP contribution in [0.1, 0.15) is 6.42 Å². The summed E-state index contributed by atoms with van der Waals surface area (Å²) in [5.41, 5.74) is 3.77. The lowest BCUT2D eigenvalue weighted by Gasteiger charge is -2.27. The van der Waals surface area contributed by atoms with Gasteiger partial charge in [-0.05, 0) is 24.6 Å². The van der Waals surface area contributed by atoms with E-state index in [0.29, 0.717) is 0 Å². The average Bonchev–Trinajstić information content (AvgIpc) is 2.76. The number of carbonyl (C=O) groups excluding carboxylic acids is 1. The molecule has 16 heavy (non-hydrogen) atoms. The van der Waals surface area contributed by atoms with E-state index in [2.05, 4.69) is 10.3 Å². The molecule has 0 atom stereocenters. The molecule has 0 saturated carbocycles. The van der Waals surface area contributed by atoms with Crippen LogP contribution in [-0.2, 0) is 0 Å². The highest BCUT2D eigenvalue weighted by atomic mass is 32.1. The summed E-state index contributed by atoms with van der Waals surface area (Å²) in [6.45, 7) is 1.56.